The molecule has 0 saturated heterocycles. The number of carbonyl (C=O) groups is 2. The van der Waals surface area contributed by atoms with Crippen LogP contribution >= 0.6 is 11.6 Å². The van der Waals surface area contributed by atoms with Crippen molar-refractivity contribution in [3.8, 4) is 0 Å². The number of rotatable bonds is 6. The molecular formula is C23H25ClN4O3. The molecule has 1 saturated carbocycles. The van der Waals surface area contributed by atoms with E-state index in [1.807, 2.05) is 18.2 Å². The molecule has 31 heavy (non-hydrogen) atoms. The first-order chi connectivity index (χ1) is 15.0. The standard InChI is InChI=1S/C23H25ClN4O3/c1-2-25-16-10-7-14(8-11-16)22(29)28-20-17-5-3-4-6-18(17)31-21(20)23(30)27-19-12-9-15(24)13-26-19/h3-6,9,12-14,16,25H,2,7-8,10-11H2,1H3,(H,28,29)(H,26,27,30). The first kappa shape index (κ1) is 21.3. The normalized spacial score (nSPS) is 18.6. The van der Waals surface area contributed by atoms with Gasteiger partial charge >= 0.3 is 0 Å². The average molecular weight is 441 g/mol. The molecule has 1 fully saturated rings. The molecule has 0 radical (unpaired) electrons. The highest BCUT2D eigenvalue weighted by Crippen LogP contribution is 2.33. The van der Waals surface area contributed by atoms with Crippen LogP contribution in [0.3, 0.4) is 0 Å². The fourth-order valence-corrected chi connectivity index (χ4v) is 4.14. The number of nitrogens with zero attached hydrogens (tertiary/aromatic N) is 1. The monoisotopic (exact) mass is 440 g/mol. The highest BCUT2D eigenvalue weighted by molar-refractivity contribution is 6.30. The molecule has 0 bridgehead atoms. The maximum atomic E-state index is 13.0. The molecule has 0 spiro atoms. The number of hydrogen-bond acceptors (Lipinski definition) is 5. The largest absolute Gasteiger partial charge is 0.449 e. The Balaban J connectivity index is 1.54. The van der Waals surface area contributed by atoms with E-state index in [2.05, 4.69) is 27.9 Å². The van der Waals surface area contributed by atoms with Crippen molar-refractivity contribution in [2.45, 2.75) is 38.6 Å². The number of nitrogens with one attached hydrogen (secondary N) is 3. The summed E-state index contributed by atoms with van der Waals surface area (Å²) in [6.07, 6.45) is 5.01. The highest BCUT2D eigenvalue weighted by atomic mass is 35.5. The highest BCUT2D eigenvalue weighted by Gasteiger charge is 2.29. The number of pyridine rings is 1. The van der Waals surface area contributed by atoms with Crippen molar-refractivity contribution in [1.82, 2.24) is 10.3 Å². The van der Waals surface area contributed by atoms with Gasteiger partial charge in [-0.25, -0.2) is 4.98 Å². The van der Waals surface area contributed by atoms with Crippen LogP contribution in [-0.2, 0) is 4.79 Å². The van der Waals surface area contributed by atoms with Crippen molar-refractivity contribution in [1.29, 1.82) is 0 Å². The molecule has 1 aliphatic rings. The number of amides is 2. The van der Waals surface area contributed by atoms with Gasteiger partial charge in [-0.15, -0.1) is 0 Å². The summed E-state index contributed by atoms with van der Waals surface area (Å²) in [5.74, 6) is -0.267. The average Bonchev–Trinajstić information content (AvgIpc) is 3.15. The van der Waals surface area contributed by atoms with Crippen LogP contribution in [0.25, 0.3) is 11.0 Å². The number of furan rings is 1. The molecule has 2 amide bonds. The summed E-state index contributed by atoms with van der Waals surface area (Å²) in [4.78, 5) is 30.0. The van der Waals surface area contributed by atoms with Gasteiger partial charge in [0, 0.05) is 23.5 Å². The number of halogens is 1. The quantitative estimate of drug-likeness (QED) is 0.509. The van der Waals surface area contributed by atoms with Crippen molar-refractivity contribution in [2.24, 2.45) is 5.92 Å². The number of benzene rings is 1. The predicted molar refractivity (Wildman–Crippen MR) is 121 cm³/mol. The van der Waals surface area contributed by atoms with Crippen molar-refractivity contribution in [2.75, 3.05) is 17.2 Å². The van der Waals surface area contributed by atoms with E-state index >= 15 is 0 Å². The summed E-state index contributed by atoms with van der Waals surface area (Å²) in [7, 11) is 0. The number of hydrogen-bond donors (Lipinski definition) is 3. The molecule has 8 heteroatoms. The lowest BCUT2D eigenvalue weighted by Crippen LogP contribution is -2.36. The first-order valence-corrected chi connectivity index (χ1v) is 10.9. The molecule has 7 nitrogen and oxygen atoms in total. The van der Waals surface area contributed by atoms with Gasteiger partial charge in [0.15, 0.2) is 0 Å². The van der Waals surface area contributed by atoms with Crippen LogP contribution in [0.1, 0.15) is 43.2 Å². The molecule has 3 N–H and O–H groups in total. The molecule has 0 aliphatic heterocycles. The second-order valence-electron chi connectivity index (χ2n) is 7.71. The fourth-order valence-electron chi connectivity index (χ4n) is 4.03. The lowest BCUT2D eigenvalue weighted by molar-refractivity contribution is -0.120. The summed E-state index contributed by atoms with van der Waals surface area (Å²) >= 11 is 5.86. The van der Waals surface area contributed by atoms with Crippen LogP contribution in [0.15, 0.2) is 47.0 Å². The van der Waals surface area contributed by atoms with Crippen molar-refractivity contribution in [3.63, 3.8) is 0 Å². The minimum Gasteiger partial charge on any atom is -0.449 e. The first-order valence-electron chi connectivity index (χ1n) is 10.5. The van der Waals surface area contributed by atoms with Gasteiger partial charge in [0.25, 0.3) is 5.91 Å². The van der Waals surface area contributed by atoms with Gasteiger partial charge in [-0.2, -0.15) is 0 Å². The Hall–Kier alpha value is -2.90. The van der Waals surface area contributed by atoms with Crippen molar-refractivity contribution < 1.29 is 14.0 Å². The van der Waals surface area contributed by atoms with Crippen molar-refractivity contribution >= 4 is 45.9 Å². The Kier molecular flexibility index (Phi) is 6.53. The summed E-state index contributed by atoms with van der Waals surface area (Å²) in [6.45, 7) is 3.03. The van der Waals surface area contributed by atoms with E-state index in [9.17, 15) is 9.59 Å². The third-order valence-corrected chi connectivity index (χ3v) is 5.83. The second kappa shape index (κ2) is 9.49. The molecule has 1 aromatic carbocycles. The number of fused-ring (bicyclic) bond motifs is 1. The Bertz CT molecular complexity index is 1070. The molecule has 162 valence electrons. The number of para-hydroxylation sites is 1. The number of aromatic nitrogens is 1. The van der Waals surface area contributed by atoms with E-state index in [1.54, 1.807) is 18.2 Å². The van der Waals surface area contributed by atoms with E-state index in [1.165, 1.54) is 6.20 Å². The van der Waals surface area contributed by atoms with Crippen LogP contribution in [0.2, 0.25) is 5.02 Å². The molecule has 0 atom stereocenters. The van der Waals surface area contributed by atoms with E-state index in [4.69, 9.17) is 16.0 Å². The van der Waals surface area contributed by atoms with E-state index in [-0.39, 0.29) is 17.6 Å². The Labute approximate surface area is 185 Å². The maximum Gasteiger partial charge on any atom is 0.294 e. The third-order valence-electron chi connectivity index (χ3n) is 5.61. The Morgan fingerprint density at radius 1 is 1.10 bits per heavy atom. The van der Waals surface area contributed by atoms with E-state index in [0.29, 0.717) is 33.5 Å². The molecular weight excluding hydrogens is 416 g/mol. The molecule has 2 heterocycles. The van der Waals surface area contributed by atoms with Gasteiger partial charge in [0.2, 0.25) is 11.7 Å². The Morgan fingerprint density at radius 2 is 1.87 bits per heavy atom. The van der Waals surface area contributed by atoms with Gasteiger partial charge in [-0.3, -0.25) is 9.59 Å². The summed E-state index contributed by atoms with van der Waals surface area (Å²) in [5.41, 5.74) is 0.920. The zero-order chi connectivity index (χ0) is 21.8. The molecule has 4 rings (SSSR count). The van der Waals surface area contributed by atoms with E-state index < -0.39 is 5.91 Å². The van der Waals surface area contributed by atoms with Gasteiger partial charge in [-0.05, 0) is 56.5 Å². The zero-order valence-electron chi connectivity index (χ0n) is 17.3. The summed E-state index contributed by atoms with van der Waals surface area (Å²) in [6, 6.07) is 11.0. The molecule has 2 aromatic heterocycles. The van der Waals surface area contributed by atoms with Crippen LogP contribution in [0.5, 0.6) is 0 Å². The predicted octanol–water partition coefficient (Wildman–Crippen LogP) is 4.84. The topological polar surface area (TPSA) is 96.3 Å². The van der Waals surface area contributed by atoms with Gasteiger partial charge < -0.3 is 20.4 Å². The minimum absolute atomic E-state index is 0.0487. The van der Waals surface area contributed by atoms with Crippen LogP contribution in [0.4, 0.5) is 11.5 Å². The minimum atomic E-state index is -0.489. The van der Waals surface area contributed by atoms with Gasteiger partial charge in [0.1, 0.15) is 17.1 Å². The van der Waals surface area contributed by atoms with Gasteiger partial charge in [0.05, 0.1) is 5.02 Å². The fraction of sp³-hybridized carbons (Fsp3) is 0.348. The van der Waals surface area contributed by atoms with Gasteiger partial charge in [-0.1, -0.05) is 30.7 Å². The second-order valence-corrected chi connectivity index (χ2v) is 8.15. The summed E-state index contributed by atoms with van der Waals surface area (Å²) in [5, 5.41) is 10.3. The molecule has 3 aromatic rings. The maximum absolute atomic E-state index is 13.0. The SMILES string of the molecule is CCNC1CCC(C(=O)Nc2c(C(=O)Nc3ccc(Cl)cn3)oc3ccccc23)CC1. The van der Waals surface area contributed by atoms with Crippen molar-refractivity contribution in [3.05, 3.63) is 53.4 Å². The number of carbonyl (C=O) groups excluding carboxylic acids is 2. The number of anilines is 2. The molecule has 1 aliphatic carbocycles. The Morgan fingerprint density at radius 3 is 2.58 bits per heavy atom. The van der Waals surface area contributed by atoms with E-state index in [0.717, 1.165) is 32.2 Å². The lowest BCUT2D eigenvalue weighted by Gasteiger charge is -2.28. The van der Waals surface area contributed by atoms with Crippen LogP contribution in [-0.4, -0.2) is 29.4 Å². The van der Waals surface area contributed by atoms with Crippen LogP contribution in [0, 0.1) is 5.92 Å². The smallest absolute Gasteiger partial charge is 0.294 e. The third kappa shape index (κ3) is 4.89. The van der Waals surface area contributed by atoms with Crippen LogP contribution < -0.4 is 16.0 Å². The summed E-state index contributed by atoms with van der Waals surface area (Å²) < 4.78 is 5.80. The molecule has 0 unspecified atom stereocenters. The zero-order valence-corrected chi connectivity index (χ0v) is 18.0. The lowest BCUT2D eigenvalue weighted by atomic mass is 9.85.